The smallest absolute Gasteiger partial charge is 0.205 e. The van der Waals surface area contributed by atoms with E-state index in [1.165, 1.54) is 5.56 Å². The fourth-order valence-corrected chi connectivity index (χ4v) is 1.80. The lowest BCUT2D eigenvalue weighted by atomic mass is 9.98. The maximum atomic E-state index is 5.73. The van der Waals surface area contributed by atoms with Gasteiger partial charge in [-0.2, -0.15) is 0 Å². The molecule has 2 rings (SSSR count). The Labute approximate surface area is 96.5 Å². The second-order valence-electron chi connectivity index (χ2n) is 4.79. The maximum Gasteiger partial charge on any atom is 0.205 e. The van der Waals surface area contributed by atoms with Gasteiger partial charge in [0, 0.05) is 19.4 Å². The van der Waals surface area contributed by atoms with Crippen molar-refractivity contribution in [3.63, 3.8) is 0 Å². The molecule has 1 aliphatic heterocycles. The summed E-state index contributed by atoms with van der Waals surface area (Å²) in [6, 6.07) is 6.22. The third-order valence-electron chi connectivity index (χ3n) is 2.94. The second kappa shape index (κ2) is 4.07. The SMILES string of the molecule is CC(CN)c1ccc2c(c1)COC(C)(C)O2. The first-order valence-corrected chi connectivity index (χ1v) is 5.68. The summed E-state index contributed by atoms with van der Waals surface area (Å²) >= 11 is 0. The lowest BCUT2D eigenvalue weighted by Gasteiger charge is -2.33. The first kappa shape index (κ1) is 11.4. The van der Waals surface area contributed by atoms with Crippen LogP contribution in [-0.4, -0.2) is 12.3 Å². The minimum absolute atomic E-state index is 0.375. The van der Waals surface area contributed by atoms with Gasteiger partial charge in [0.25, 0.3) is 0 Å². The minimum Gasteiger partial charge on any atom is -0.463 e. The number of benzene rings is 1. The second-order valence-corrected chi connectivity index (χ2v) is 4.79. The number of nitrogens with two attached hydrogens (primary N) is 1. The zero-order chi connectivity index (χ0) is 11.8. The van der Waals surface area contributed by atoms with Gasteiger partial charge in [0.2, 0.25) is 5.79 Å². The summed E-state index contributed by atoms with van der Waals surface area (Å²) in [4.78, 5) is 0. The molecule has 0 bridgehead atoms. The van der Waals surface area contributed by atoms with E-state index in [0.29, 0.717) is 19.1 Å². The molecule has 1 aliphatic rings. The molecule has 3 heteroatoms. The van der Waals surface area contributed by atoms with Crippen LogP contribution in [0, 0.1) is 0 Å². The van der Waals surface area contributed by atoms with Gasteiger partial charge in [-0.3, -0.25) is 0 Å². The van der Waals surface area contributed by atoms with Gasteiger partial charge in [-0.1, -0.05) is 13.0 Å². The summed E-state index contributed by atoms with van der Waals surface area (Å²) in [7, 11) is 0. The van der Waals surface area contributed by atoms with E-state index in [1.807, 2.05) is 19.9 Å². The number of fused-ring (bicyclic) bond motifs is 1. The van der Waals surface area contributed by atoms with Crippen molar-refractivity contribution in [2.45, 2.75) is 39.1 Å². The lowest BCUT2D eigenvalue weighted by Crippen LogP contribution is -2.35. The van der Waals surface area contributed by atoms with Crippen molar-refractivity contribution in [3.05, 3.63) is 29.3 Å². The van der Waals surface area contributed by atoms with E-state index in [0.717, 1.165) is 11.3 Å². The van der Waals surface area contributed by atoms with E-state index in [9.17, 15) is 0 Å². The van der Waals surface area contributed by atoms with Gasteiger partial charge in [-0.25, -0.2) is 0 Å². The molecule has 1 unspecified atom stereocenters. The van der Waals surface area contributed by atoms with Crippen LogP contribution in [-0.2, 0) is 11.3 Å². The van der Waals surface area contributed by atoms with Gasteiger partial charge in [-0.05, 0) is 30.2 Å². The molecule has 0 aromatic heterocycles. The van der Waals surface area contributed by atoms with Gasteiger partial charge in [0.1, 0.15) is 5.75 Å². The van der Waals surface area contributed by atoms with E-state index in [-0.39, 0.29) is 0 Å². The zero-order valence-electron chi connectivity index (χ0n) is 10.1. The summed E-state index contributed by atoms with van der Waals surface area (Å²) in [5.74, 6) is 0.776. The van der Waals surface area contributed by atoms with E-state index < -0.39 is 5.79 Å². The minimum atomic E-state index is -0.520. The third kappa shape index (κ3) is 2.20. The summed E-state index contributed by atoms with van der Waals surface area (Å²) in [5.41, 5.74) is 8.01. The van der Waals surface area contributed by atoms with Crippen molar-refractivity contribution in [2.24, 2.45) is 5.73 Å². The van der Waals surface area contributed by atoms with Gasteiger partial charge in [0.05, 0.1) is 6.61 Å². The van der Waals surface area contributed by atoms with Crippen LogP contribution in [0.3, 0.4) is 0 Å². The number of rotatable bonds is 2. The Morgan fingerprint density at radius 3 is 2.88 bits per heavy atom. The molecule has 0 aliphatic carbocycles. The van der Waals surface area contributed by atoms with E-state index in [1.54, 1.807) is 0 Å². The molecule has 0 spiro atoms. The quantitative estimate of drug-likeness (QED) is 0.834. The standard InChI is InChI=1S/C13H19NO2/c1-9(7-14)10-4-5-12-11(6-10)8-15-13(2,3)16-12/h4-6,9H,7-8,14H2,1-3H3. The number of hydrogen-bond acceptors (Lipinski definition) is 3. The van der Waals surface area contributed by atoms with Crippen LogP contribution in [0.4, 0.5) is 0 Å². The van der Waals surface area contributed by atoms with Gasteiger partial charge < -0.3 is 15.2 Å². The van der Waals surface area contributed by atoms with Gasteiger partial charge in [0.15, 0.2) is 0 Å². The Kier molecular flexibility index (Phi) is 2.91. The van der Waals surface area contributed by atoms with E-state index >= 15 is 0 Å². The van der Waals surface area contributed by atoms with Crippen LogP contribution in [0.15, 0.2) is 18.2 Å². The van der Waals surface area contributed by atoms with E-state index in [4.69, 9.17) is 15.2 Å². The van der Waals surface area contributed by atoms with Crippen molar-refractivity contribution in [2.75, 3.05) is 6.54 Å². The highest BCUT2D eigenvalue weighted by Crippen LogP contribution is 2.32. The van der Waals surface area contributed by atoms with Crippen molar-refractivity contribution in [1.29, 1.82) is 0 Å². The van der Waals surface area contributed by atoms with Gasteiger partial charge in [-0.15, -0.1) is 0 Å². The molecule has 1 aromatic rings. The zero-order valence-corrected chi connectivity index (χ0v) is 10.1. The van der Waals surface area contributed by atoms with Crippen LogP contribution < -0.4 is 10.5 Å². The monoisotopic (exact) mass is 221 g/mol. The number of ether oxygens (including phenoxy) is 2. The number of hydrogen-bond donors (Lipinski definition) is 1. The Bertz CT molecular complexity index is 388. The first-order chi connectivity index (χ1) is 7.52. The average Bonchev–Trinajstić information content (AvgIpc) is 2.26. The summed E-state index contributed by atoms with van der Waals surface area (Å²) in [6.07, 6.45) is 0. The molecule has 0 amide bonds. The average molecular weight is 221 g/mol. The predicted octanol–water partition coefficient (Wildman–Crippen LogP) is 2.39. The molecule has 16 heavy (non-hydrogen) atoms. The van der Waals surface area contributed by atoms with Crippen molar-refractivity contribution < 1.29 is 9.47 Å². The predicted molar refractivity (Wildman–Crippen MR) is 63.4 cm³/mol. The molecule has 2 N–H and O–H groups in total. The molecule has 1 heterocycles. The fraction of sp³-hybridized carbons (Fsp3) is 0.538. The van der Waals surface area contributed by atoms with Crippen LogP contribution in [0.2, 0.25) is 0 Å². The summed E-state index contributed by atoms with van der Waals surface area (Å²) in [6.45, 7) is 7.23. The molecule has 0 saturated carbocycles. The molecular weight excluding hydrogens is 202 g/mol. The molecule has 1 atom stereocenters. The highest BCUT2D eigenvalue weighted by molar-refractivity contribution is 5.39. The van der Waals surface area contributed by atoms with Crippen LogP contribution >= 0.6 is 0 Å². The molecule has 0 saturated heterocycles. The topological polar surface area (TPSA) is 44.5 Å². The summed E-state index contributed by atoms with van der Waals surface area (Å²) in [5, 5.41) is 0. The highest BCUT2D eigenvalue weighted by atomic mass is 16.7. The lowest BCUT2D eigenvalue weighted by molar-refractivity contribution is -0.180. The summed E-state index contributed by atoms with van der Waals surface area (Å²) < 4.78 is 11.3. The van der Waals surface area contributed by atoms with Crippen molar-refractivity contribution >= 4 is 0 Å². The normalized spacial score (nSPS) is 19.8. The first-order valence-electron chi connectivity index (χ1n) is 5.68. The Balaban J connectivity index is 2.28. The van der Waals surface area contributed by atoms with Gasteiger partial charge >= 0.3 is 0 Å². The molecule has 0 radical (unpaired) electrons. The molecule has 0 fully saturated rings. The van der Waals surface area contributed by atoms with Crippen molar-refractivity contribution in [3.8, 4) is 5.75 Å². The molecule has 1 aromatic carbocycles. The van der Waals surface area contributed by atoms with Crippen molar-refractivity contribution in [1.82, 2.24) is 0 Å². The van der Waals surface area contributed by atoms with Crippen LogP contribution in [0.5, 0.6) is 5.75 Å². The fourth-order valence-electron chi connectivity index (χ4n) is 1.80. The van der Waals surface area contributed by atoms with E-state index in [2.05, 4.69) is 19.1 Å². The largest absolute Gasteiger partial charge is 0.463 e. The molecule has 88 valence electrons. The van der Waals surface area contributed by atoms with Crippen LogP contribution in [0.25, 0.3) is 0 Å². The highest BCUT2D eigenvalue weighted by Gasteiger charge is 2.27. The maximum absolute atomic E-state index is 5.73. The third-order valence-corrected chi connectivity index (χ3v) is 2.94. The Hall–Kier alpha value is -1.06. The Morgan fingerprint density at radius 1 is 1.44 bits per heavy atom. The molecular formula is C13H19NO2. The molecule has 3 nitrogen and oxygen atoms in total. The Morgan fingerprint density at radius 2 is 2.19 bits per heavy atom. The van der Waals surface area contributed by atoms with Crippen LogP contribution in [0.1, 0.15) is 37.8 Å².